The number of anilines is 1. The van der Waals surface area contributed by atoms with Gasteiger partial charge < -0.3 is 19.3 Å². The van der Waals surface area contributed by atoms with Gasteiger partial charge in [-0.05, 0) is 6.92 Å². The zero-order valence-corrected chi connectivity index (χ0v) is 18.4. The molecule has 2 aromatic heterocycles. The number of nitrogens with zero attached hydrogens (tertiary/aromatic N) is 5. The zero-order valence-electron chi connectivity index (χ0n) is 17.6. The molecule has 0 bridgehead atoms. The summed E-state index contributed by atoms with van der Waals surface area (Å²) in [5.41, 5.74) is -2.84. The standard InChI is InChI=1S/C19H22ClF3N6O4/c1-12(11-33-14-10-26-27-17(31)16(14)19(21,22)23)32-7-2-15(30)28-3-5-29(6-4-28)18-24-8-13(20)9-25-18/h8-10,12H,2-7,11H2,1H3,(H,27,31)/t12-/m1/s1. The number of aromatic nitrogens is 4. The summed E-state index contributed by atoms with van der Waals surface area (Å²) in [7, 11) is 0. The summed E-state index contributed by atoms with van der Waals surface area (Å²) >= 11 is 5.79. The molecule has 3 rings (SSSR count). The quantitative estimate of drug-likeness (QED) is 0.595. The Labute approximate surface area is 191 Å². The number of H-pyrrole nitrogens is 1. The van der Waals surface area contributed by atoms with Crippen molar-refractivity contribution in [2.24, 2.45) is 0 Å². The first-order valence-electron chi connectivity index (χ1n) is 10.0. The molecule has 3 heterocycles. The summed E-state index contributed by atoms with van der Waals surface area (Å²) in [6.07, 6.45) is -1.57. The van der Waals surface area contributed by atoms with Crippen molar-refractivity contribution >= 4 is 23.5 Å². The van der Waals surface area contributed by atoms with Crippen molar-refractivity contribution in [2.45, 2.75) is 25.6 Å². The van der Waals surface area contributed by atoms with Gasteiger partial charge in [-0.3, -0.25) is 9.59 Å². The van der Waals surface area contributed by atoms with Crippen molar-refractivity contribution in [1.29, 1.82) is 0 Å². The molecular weight excluding hydrogens is 469 g/mol. The fourth-order valence-electron chi connectivity index (χ4n) is 3.15. The first-order chi connectivity index (χ1) is 15.6. The van der Waals surface area contributed by atoms with E-state index in [2.05, 4.69) is 15.1 Å². The molecule has 10 nitrogen and oxygen atoms in total. The van der Waals surface area contributed by atoms with Crippen LogP contribution in [0.1, 0.15) is 18.9 Å². The van der Waals surface area contributed by atoms with Gasteiger partial charge >= 0.3 is 6.18 Å². The molecule has 0 aliphatic carbocycles. The third-order valence-corrected chi connectivity index (χ3v) is 5.01. The SMILES string of the molecule is C[C@H](COc1cn[nH]c(=O)c1C(F)(F)F)OCCC(=O)N1CCN(c2ncc(Cl)cn2)CC1. The van der Waals surface area contributed by atoms with E-state index in [1.807, 2.05) is 4.90 Å². The maximum atomic E-state index is 13.0. The van der Waals surface area contributed by atoms with Crippen LogP contribution >= 0.6 is 11.6 Å². The number of ether oxygens (including phenoxy) is 2. The molecule has 0 radical (unpaired) electrons. The zero-order chi connectivity index (χ0) is 24.0. The lowest BCUT2D eigenvalue weighted by atomic mass is 10.2. The Morgan fingerprint density at radius 2 is 1.88 bits per heavy atom. The fourth-order valence-corrected chi connectivity index (χ4v) is 3.24. The van der Waals surface area contributed by atoms with Gasteiger partial charge in [0.2, 0.25) is 11.9 Å². The average Bonchev–Trinajstić information content (AvgIpc) is 2.77. The predicted octanol–water partition coefficient (Wildman–Crippen LogP) is 1.75. The maximum Gasteiger partial charge on any atom is 0.425 e. The Bertz CT molecular complexity index is 996. The lowest BCUT2D eigenvalue weighted by Crippen LogP contribution is -2.49. The minimum absolute atomic E-state index is 0.0730. The smallest absolute Gasteiger partial charge is 0.425 e. The van der Waals surface area contributed by atoms with Crippen molar-refractivity contribution in [3.8, 4) is 5.75 Å². The van der Waals surface area contributed by atoms with Gasteiger partial charge in [-0.2, -0.15) is 18.3 Å². The van der Waals surface area contributed by atoms with E-state index in [0.29, 0.717) is 37.1 Å². The van der Waals surface area contributed by atoms with Gasteiger partial charge in [0.25, 0.3) is 5.56 Å². The van der Waals surface area contributed by atoms with Crippen LogP contribution < -0.4 is 15.2 Å². The number of aromatic amines is 1. The summed E-state index contributed by atoms with van der Waals surface area (Å²) in [6.45, 7) is 3.56. The molecule has 14 heteroatoms. The molecular formula is C19H22ClF3N6O4. The molecule has 1 saturated heterocycles. The van der Waals surface area contributed by atoms with E-state index in [-0.39, 0.29) is 25.5 Å². The summed E-state index contributed by atoms with van der Waals surface area (Å²) < 4.78 is 49.6. The highest BCUT2D eigenvalue weighted by atomic mass is 35.5. The number of amides is 1. The van der Waals surface area contributed by atoms with E-state index in [1.54, 1.807) is 16.9 Å². The van der Waals surface area contributed by atoms with Crippen molar-refractivity contribution in [3.63, 3.8) is 0 Å². The third-order valence-electron chi connectivity index (χ3n) is 4.82. The van der Waals surface area contributed by atoms with Gasteiger partial charge in [-0.1, -0.05) is 11.6 Å². The molecule has 0 aromatic carbocycles. The highest BCUT2D eigenvalue weighted by Gasteiger charge is 2.38. The second kappa shape index (κ2) is 10.8. The lowest BCUT2D eigenvalue weighted by molar-refractivity contribution is -0.140. The van der Waals surface area contributed by atoms with Crippen molar-refractivity contribution in [3.05, 3.63) is 39.5 Å². The Morgan fingerprint density at radius 1 is 1.21 bits per heavy atom. The highest BCUT2D eigenvalue weighted by Crippen LogP contribution is 2.32. The van der Waals surface area contributed by atoms with Crippen molar-refractivity contribution in [1.82, 2.24) is 25.1 Å². The molecule has 1 aliphatic rings. The Morgan fingerprint density at radius 3 is 2.52 bits per heavy atom. The molecule has 1 amide bonds. The summed E-state index contributed by atoms with van der Waals surface area (Å²) in [5, 5.41) is 5.51. The first kappa shape index (κ1) is 24.7. The van der Waals surface area contributed by atoms with Crippen molar-refractivity contribution < 1.29 is 27.4 Å². The normalized spacial score (nSPS) is 15.4. The van der Waals surface area contributed by atoms with Gasteiger partial charge in [0.1, 0.15) is 6.61 Å². The van der Waals surface area contributed by atoms with E-state index in [9.17, 15) is 22.8 Å². The Balaban J connectivity index is 1.39. The van der Waals surface area contributed by atoms with Crippen LogP contribution in [-0.2, 0) is 15.7 Å². The van der Waals surface area contributed by atoms with Crippen LogP contribution in [-0.4, -0.2) is 76.5 Å². The minimum Gasteiger partial charge on any atom is -0.488 e. The third kappa shape index (κ3) is 6.78. The number of hydrogen-bond donors (Lipinski definition) is 1. The maximum absolute atomic E-state index is 13.0. The van der Waals surface area contributed by atoms with E-state index in [4.69, 9.17) is 21.1 Å². The number of carbonyl (C=O) groups excluding carboxylic acids is 1. The molecule has 0 unspecified atom stereocenters. The largest absolute Gasteiger partial charge is 0.488 e. The fraction of sp³-hybridized carbons (Fsp3) is 0.526. The molecule has 1 atom stereocenters. The van der Waals surface area contributed by atoms with Gasteiger partial charge in [0, 0.05) is 26.2 Å². The molecule has 33 heavy (non-hydrogen) atoms. The molecule has 0 spiro atoms. The molecule has 1 aliphatic heterocycles. The van der Waals surface area contributed by atoms with Gasteiger partial charge in [0.15, 0.2) is 11.3 Å². The predicted molar refractivity (Wildman–Crippen MR) is 111 cm³/mol. The molecule has 1 N–H and O–H groups in total. The van der Waals surface area contributed by atoms with Gasteiger partial charge in [0.05, 0.1) is 42.7 Å². The van der Waals surface area contributed by atoms with Crippen LogP contribution in [0.4, 0.5) is 19.1 Å². The van der Waals surface area contributed by atoms with Crippen molar-refractivity contribution in [2.75, 3.05) is 44.3 Å². The second-order valence-corrected chi connectivity index (χ2v) is 7.68. The van der Waals surface area contributed by atoms with Gasteiger partial charge in [-0.25, -0.2) is 15.1 Å². The highest BCUT2D eigenvalue weighted by molar-refractivity contribution is 6.30. The van der Waals surface area contributed by atoms with Gasteiger partial charge in [-0.15, -0.1) is 0 Å². The lowest BCUT2D eigenvalue weighted by Gasteiger charge is -2.34. The molecule has 0 saturated carbocycles. The van der Waals surface area contributed by atoms with Crippen LogP contribution in [0, 0.1) is 0 Å². The average molecular weight is 491 g/mol. The second-order valence-electron chi connectivity index (χ2n) is 7.25. The number of carbonyl (C=O) groups is 1. The molecule has 2 aromatic rings. The monoisotopic (exact) mass is 490 g/mol. The number of nitrogens with one attached hydrogen (secondary N) is 1. The number of piperazine rings is 1. The summed E-state index contributed by atoms with van der Waals surface area (Å²) in [6, 6.07) is 0. The Kier molecular flexibility index (Phi) is 8.08. The van der Waals surface area contributed by atoms with E-state index in [1.165, 1.54) is 12.4 Å². The van der Waals surface area contributed by atoms with Crippen LogP contribution in [0.3, 0.4) is 0 Å². The number of rotatable bonds is 8. The number of alkyl halides is 3. The van der Waals surface area contributed by atoms with E-state index >= 15 is 0 Å². The first-order valence-corrected chi connectivity index (χ1v) is 10.4. The number of hydrogen-bond acceptors (Lipinski definition) is 8. The molecule has 180 valence electrons. The molecule has 1 fully saturated rings. The number of halogens is 4. The Hall–Kier alpha value is -2.93. The van der Waals surface area contributed by atoms with Crippen LogP contribution in [0.5, 0.6) is 5.75 Å². The summed E-state index contributed by atoms with van der Waals surface area (Å²) in [4.78, 5) is 35.8. The van der Waals surface area contributed by atoms with Crippen LogP contribution in [0.2, 0.25) is 5.02 Å². The summed E-state index contributed by atoms with van der Waals surface area (Å²) in [5.74, 6) is -0.230. The van der Waals surface area contributed by atoms with E-state index in [0.717, 1.165) is 6.20 Å². The van der Waals surface area contributed by atoms with Crippen LogP contribution in [0.15, 0.2) is 23.4 Å². The van der Waals surface area contributed by atoms with Crippen LogP contribution in [0.25, 0.3) is 0 Å². The van der Waals surface area contributed by atoms with E-state index < -0.39 is 29.2 Å². The minimum atomic E-state index is -4.88. The topological polar surface area (TPSA) is 114 Å².